The van der Waals surface area contributed by atoms with Gasteiger partial charge < -0.3 is 4.74 Å². The predicted octanol–water partition coefficient (Wildman–Crippen LogP) is 2.32. The summed E-state index contributed by atoms with van der Waals surface area (Å²) in [5.74, 6) is 0.350. The van der Waals surface area contributed by atoms with Crippen LogP contribution in [0, 0.1) is 5.82 Å². The van der Waals surface area contributed by atoms with Gasteiger partial charge in [0.2, 0.25) is 0 Å². The van der Waals surface area contributed by atoms with Crippen LogP contribution in [0.25, 0.3) is 0 Å². The predicted molar refractivity (Wildman–Crippen MR) is 70.4 cm³/mol. The van der Waals surface area contributed by atoms with Crippen LogP contribution in [0.5, 0.6) is 5.75 Å². The Morgan fingerprint density at radius 1 is 1.18 bits per heavy atom. The van der Waals surface area contributed by atoms with Gasteiger partial charge in [0, 0.05) is 0 Å². The summed E-state index contributed by atoms with van der Waals surface area (Å²) in [5, 5.41) is 0.571. The molecule has 0 fully saturated rings. The van der Waals surface area contributed by atoms with Gasteiger partial charge in [0.25, 0.3) is 0 Å². The summed E-state index contributed by atoms with van der Waals surface area (Å²) in [5.41, 5.74) is 1.86. The average Bonchev–Trinajstić information content (AvgIpc) is 2.28. The number of halogens is 2. The zero-order valence-electron chi connectivity index (χ0n) is 9.41. The maximum absolute atomic E-state index is 12.9. The molecule has 0 atom stereocenters. The van der Waals surface area contributed by atoms with E-state index >= 15 is 0 Å². The standard InChI is InChI=1S/C13H11BClFO/c14-10-4-5-13(12(15)7-10)17-8-9-2-1-3-11(16)6-9/h1-7H,8,14H2. The molecule has 0 saturated carbocycles. The Morgan fingerprint density at radius 3 is 2.71 bits per heavy atom. The van der Waals surface area contributed by atoms with E-state index in [-0.39, 0.29) is 5.82 Å². The van der Waals surface area contributed by atoms with Crippen LogP contribution in [0.2, 0.25) is 5.02 Å². The molecule has 0 aliphatic carbocycles. The minimum Gasteiger partial charge on any atom is -0.487 e. The molecule has 0 bridgehead atoms. The SMILES string of the molecule is Bc1ccc(OCc2cccc(F)c2)c(Cl)c1. The average molecular weight is 248 g/mol. The number of benzene rings is 2. The summed E-state index contributed by atoms with van der Waals surface area (Å²) < 4.78 is 18.5. The van der Waals surface area contributed by atoms with Crippen LogP contribution in [0.1, 0.15) is 5.56 Å². The van der Waals surface area contributed by atoms with Gasteiger partial charge in [-0.2, -0.15) is 0 Å². The monoisotopic (exact) mass is 248 g/mol. The molecule has 0 saturated heterocycles. The van der Waals surface area contributed by atoms with E-state index in [4.69, 9.17) is 16.3 Å². The molecule has 1 nitrogen and oxygen atoms in total. The van der Waals surface area contributed by atoms with E-state index in [0.717, 1.165) is 11.0 Å². The van der Waals surface area contributed by atoms with Gasteiger partial charge in [-0.3, -0.25) is 0 Å². The summed E-state index contributed by atoms with van der Waals surface area (Å²) in [4.78, 5) is 0. The van der Waals surface area contributed by atoms with Crippen molar-refractivity contribution in [2.24, 2.45) is 0 Å². The smallest absolute Gasteiger partial charge is 0.139 e. The van der Waals surface area contributed by atoms with Gasteiger partial charge in [-0.15, -0.1) is 0 Å². The Morgan fingerprint density at radius 2 is 2.00 bits per heavy atom. The van der Waals surface area contributed by atoms with Crippen molar-refractivity contribution in [1.29, 1.82) is 0 Å². The molecule has 0 unspecified atom stereocenters. The van der Waals surface area contributed by atoms with Crippen LogP contribution in [0.15, 0.2) is 42.5 Å². The zero-order valence-corrected chi connectivity index (χ0v) is 10.2. The molecule has 0 N–H and O–H groups in total. The minimum absolute atomic E-state index is 0.263. The number of hydrogen-bond acceptors (Lipinski definition) is 1. The van der Waals surface area contributed by atoms with Crippen LogP contribution < -0.4 is 10.2 Å². The quantitative estimate of drug-likeness (QED) is 0.758. The van der Waals surface area contributed by atoms with Crippen molar-refractivity contribution in [2.45, 2.75) is 6.61 Å². The fraction of sp³-hybridized carbons (Fsp3) is 0.0769. The second-order valence-electron chi connectivity index (χ2n) is 3.85. The van der Waals surface area contributed by atoms with Crippen LogP contribution in [0.3, 0.4) is 0 Å². The molecule has 2 aromatic carbocycles. The highest BCUT2D eigenvalue weighted by atomic mass is 35.5. The molecule has 0 radical (unpaired) electrons. The van der Waals surface area contributed by atoms with Crippen LogP contribution in [0.4, 0.5) is 4.39 Å². The van der Waals surface area contributed by atoms with Crippen LogP contribution in [-0.4, -0.2) is 7.85 Å². The third-order valence-electron chi connectivity index (χ3n) is 2.37. The molecule has 2 aromatic rings. The summed E-state index contributed by atoms with van der Waals surface area (Å²) in [6.07, 6.45) is 0. The van der Waals surface area contributed by atoms with E-state index in [1.165, 1.54) is 12.1 Å². The minimum atomic E-state index is -0.263. The van der Waals surface area contributed by atoms with Crippen LogP contribution in [-0.2, 0) is 6.61 Å². The van der Waals surface area contributed by atoms with Crippen molar-refractivity contribution in [3.05, 3.63) is 58.9 Å². The van der Waals surface area contributed by atoms with Crippen molar-refractivity contribution in [1.82, 2.24) is 0 Å². The van der Waals surface area contributed by atoms with Gasteiger partial charge in [0.15, 0.2) is 0 Å². The fourth-order valence-electron chi connectivity index (χ4n) is 1.51. The summed E-state index contributed by atoms with van der Waals surface area (Å²) in [6.45, 7) is 0.306. The third-order valence-corrected chi connectivity index (χ3v) is 2.67. The summed E-state index contributed by atoms with van der Waals surface area (Å²) >= 11 is 6.03. The number of hydrogen-bond donors (Lipinski definition) is 0. The largest absolute Gasteiger partial charge is 0.487 e. The van der Waals surface area contributed by atoms with E-state index < -0.39 is 0 Å². The second kappa shape index (κ2) is 5.24. The second-order valence-corrected chi connectivity index (χ2v) is 4.26. The first-order valence-corrected chi connectivity index (χ1v) is 5.66. The van der Waals surface area contributed by atoms with Gasteiger partial charge in [-0.1, -0.05) is 35.3 Å². The van der Waals surface area contributed by atoms with Crippen molar-refractivity contribution in [2.75, 3.05) is 0 Å². The molecule has 2 rings (SSSR count). The van der Waals surface area contributed by atoms with E-state index in [9.17, 15) is 4.39 Å². The van der Waals surface area contributed by atoms with Crippen molar-refractivity contribution in [3.63, 3.8) is 0 Å². The lowest BCUT2D eigenvalue weighted by atomic mass is 9.97. The summed E-state index contributed by atoms with van der Waals surface area (Å²) in [6, 6.07) is 11.9. The molecule has 86 valence electrons. The molecule has 0 amide bonds. The Kier molecular flexibility index (Phi) is 3.69. The molecule has 0 aliphatic rings. The van der Waals surface area contributed by atoms with Gasteiger partial charge in [-0.05, 0) is 29.8 Å². The first-order chi connectivity index (χ1) is 8.15. The highest BCUT2D eigenvalue weighted by molar-refractivity contribution is 6.37. The molecule has 0 heterocycles. The molecule has 4 heteroatoms. The van der Waals surface area contributed by atoms with E-state index in [1.807, 2.05) is 32.1 Å². The third kappa shape index (κ3) is 3.24. The lowest BCUT2D eigenvalue weighted by molar-refractivity contribution is 0.306. The lowest BCUT2D eigenvalue weighted by Crippen LogP contribution is -2.02. The molecular formula is C13H11BClFO. The van der Waals surface area contributed by atoms with Crippen LogP contribution >= 0.6 is 11.6 Å². The molecule has 0 aliphatic heterocycles. The van der Waals surface area contributed by atoms with Crippen molar-refractivity contribution < 1.29 is 9.13 Å². The lowest BCUT2D eigenvalue weighted by Gasteiger charge is -2.08. The van der Waals surface area contributed by atoms with Gasteiger partial charge in [0.05, 0.1) is 5.02 Å². The van der Waals surface area contributed by atoms with Gasteiger partial charge >= 0.3 is 0 Å². The van der Waals surface area contributed by atoms with E-state index in [2.05, 4.69) is 0 Å². The normalized spacial score (nSPS) is 10.2. The van der Waals surface area contributed by atoms with Crippen molar-refractivity contribution >= 4 is 24.9 Å². The first kappa shape index (κ1) is 12.0. The molecule has 0 spiro atoms. The Balaban J connectivity index is 2.07. The van der Waals surface area contributed by atoms with Gasteiger partial charge in [-0.25, -0.2) is 4.39 Å². The highest BCUT2D eigenvalue weighted by Gasteiger charge is 2.02. The van der Waals surface area contributed by atoms with Crippen molar-refractivity contribution in [3.8, 4) is 5.75 Å². The molecule has 0 aromatic heterocycles. The number of rotatable bonds is 3. The van der Waals surface area contributed by atoms with E-state index in [1.54, 1.807) is 6.07 Å². The number of ether oxygens (including phenoxy) is 1. The zero-order chi connectivity index (χ0) is 12.3. The van der Waals surface area contributed by atoms with Gasteiger partial charge in [0.1, 0.15) is 26.0 Å². The highest BCUT2D eigenvalue weighted by Crippen LogP contribution is 2.23. The Hall–Kier alpha value is -1.48. The fourth-order valence-corrected chi connectivity index (χ4v) is 1.80. The topological polar surface area (TPSA) is 9.23 Å². The first-order valence-electron chi connectivity index (χ1n) is 5.28. The Bertz CT molecular complexity index is 531. The summed E-state index contributed by atoms with van der Waals surface area (Å²) in [7, 11) is 1.96. The maximum Gasteiger partial charge on any atom is 0.139 e. The maximum atomic E-state index is 12.9. The van der Waals surface area contributed by atoms with E-state index in [0.29, 0.717) is 17.4 Å². The Labute approximate surface area is 106 Å². The molecule has 17 heavy (non-hydrogen) atoms. The molecular weight excluding hydrogens is 237 g/mol.